The second-order valence-electron chi connectivity index (χ2n) is 5.70. The monoisotopic (exact) mass is 303 g/mol. The van der Waals surface area contributed by atoms with Crippen molar-refractivity contribution in [2.24, 2.45) is 5.41 Å². The van der Waals surface area contributed by atoms with E-state index in [4.69, 9.17) is 21.8 Å². The van der Waals surface area contributed by atoms with Gasteiger partial charge in [-0.1, -0.05) is 32.4 Å². The van der Waals surface area contributed by atoms with Crippen molar-refractivity contribution in [3.8, 4) is 0 Å². The third kappa shape index (κ3) is 4.19. The second kappa shape index (κ2) is 7.06. The van der Waals surface area contributed by atoms with Gasteiger partial charge in [-0.3, -0.25) is 4.79 Å². The van der Waals surface area contributed by atoms with Crippen molar-refractivity contribution >= 4 is 17.3 Å². The maximum Gasteiger partial charge on any atom is 0.287 e. The van der Waals surface area contributed by atoms with Crippen LogP contribution in [-0.2, 0) is 6.54 Å². The van der Waals surface area contributed by atoms with Gasteiger partial charge in [0, 0.05) is 12.6 Å². The molecule has 0 spiro atoms. The standard InChI is InChI=1S/C13H22ClN3O3/c1-13(2,3)10(4-6-18)16-9-8-15-17(5-7-19)12(20)11(9)14/h8,10,16,18-19H,4-7H2,1-3H3. The number of halogens is 1. The van der Waals surface area contributed by atoms with Crippen molar-refractivity contribution in [1.29, 1.82) is 0 Å². The minimum absolute atomic E-state index is 0.0418. The van der Waals surface area contributed by atoms with Crippen LogP contribution in [-0.4, -0.2) is 39.2 Å². The summed E-state index contributed by atoms with van der Waals surface area (Å²) in [5.74, 6) is 0. The van der Waals surface area contributed by atoms with Gasteiger partial charge in [-0.2, -0.15) is 5.10 Å². The van der Waals surface area contributed by atoms with Gasteiger partial charge in [0.1, 0.15) is 5.02 Å². The van der Waals surface area contributed by atoms with Crippen molar-refractivity contribution in [1.82, 2.24) is 9.78 Å². The first-order chi connectivity index (χ1) is 9.31. The highest BCUT2D eigenvalue weighted by atomic mass is 35.5. The normalized spacial score (nSPS) is 13.3. The van der Waals surface area contributed by atoms with E-state index in [1.165, 1.54) is 6.20 Å². The molecule has 3 N–H and O–H groups in total. The Balaban J connectivity index is 3.03. The summed E-state index contributed by atoms with van der Waals surface area (Å²) in [5.41, 5.74) is -0.104. The average Bonchev–Trinajstić information content (AvgIpc) is 2.36. The fraction of sp³-hybridized carbons (Fsp3) is 0.692. The molecule has 0 aliphatic rings. The molecule has 1 aromatic rings. The topological polar surface area (TPSA) is 87.4 Å². The molecule has 1 heterocycles. The lowest BCUT2D eigenvalue weighted by atomic mass is 9.85. The Bertz CT molecular complexity index is 497. The zero-order chi connectivity index (χ0) is 15.3. The predicted molar refractivity (Wildman–Crippen MR) is 79.2 cm³/mol. The predicted octanol–water partition coefficient (Wildman–Crippen LogP) is 1.10. The van der Waals surface area contributed by atoms with Gasteiger partial charge < -0.3 is 15.5 Å². The molecule has 0 aliphatic carbocycles. The van der Waals surface area contributed by atoms with Crippen LogP contribution in [0, 0.1) is 5.41 Å². The van der Waals surface area contributed by atoms with Crippen LogP contribution >= 0.6 is 11.6 Å². The van der Waals surface area contributed by atoms with Crippen LogP contribution in [0.5, 0.6) is 0 Å². The smallest absolute Gasteiger partial charge is 0.287 e. The number of hydrogen-bond donors (Lipinski definition) is 3. The van der Waals surface area contributed by atoms with Gasteiger partial charge in [-0.05, 0) is 11.8 Å². The minimum Gasteiger partial charge on any atom is -0.396 e. The molecule has 1 rings (SSSR count). The zero-order valence-corrected chi connectivity index (χ0v) is 12.8. The fourth-order valence-electron chi connectivity index (χ4n) is 1.86. The molecule has 0 fully saturated rings. The molecule has 0 aliphatic heterocycles. The van der Waals surface area contributed by atoms with Gasteiger partial charge in [-0.15, -0.1) is 0 Å². The molecule has 0 radical (unpaired) electrons. The highest BCUT2D eigenvalue weighted by molar-refractivity contribution is 6.32. The van der Waals surface area contributed by atoms with E-state index >= 15 is 0 Å². The Morgan fingerprint density at radius 1 is 1.40 bits per heavy atom. The summed E-state index contributed by atoms with van der Waals surface area (Å²) >= 11 is 6.05. The molecule has 114 valence electrons. The molecular formula is C13H22ClN3O3. The highest BCUT2D eigenvalue weighted by Crippen LogP contribution is 2.27. The Morgan fingerprint density at radius 2 is 2.05 bits per heavy atom. The van der Waals surface area contributed by atoms with Crippen molar-refractivity contribution in [2.75, 3.05) is 18.5 Å². The first-order valence-corrected chi connectivity index (χ1v) is 6.93. The van der Waals surface area contributed by atoms with Gasteiger partial charge in [0.2, 0.25) is 0 Å². The molecular weight excluding hydrogens is 282 g/mol. The molecule has 20 heavy (non-hydrogen) atoms. The molecule has 0 bridgehead atoms. The molecule has 1 aromatic heterocycles. The lowest BCUT2D eigenvalue weighted by Gasteiger charge is -2.32. The van der Waals surface area contributed by atoms with Gasteiger partial charge in [0.05, 0.1) is 25.0 Å². The quantitative estimate of drug-likeness (QED) is 0.732. The van der Waals surface area contributed by atoms with Crippen molar-refractivity contribution in [2.45, 2.75) is 39.8 Å². The summed E-state index contributed by atoms with van der Waals surface area (Å²) in [6.07, 6.45) is 2.01. The Labute approximate surface area is 123 Å². The third-order valence-electron chi connectivity index (χ3n) is 3.09. The lowest BCUT2D eigenvalue weighted by Crippen LogP contribution is -2.36. The first kappa shape index (κ1) is 16.9. The van der Waals surface area contributed by atoms with E-state index in [0.29, 0.717) is 12.1 Å². The maximum atomic E-state index is 11.9. The second-order valence-corrected chi connectivity index (χ2v) is 6.08. The van der Waals surface area contributed by atoms with E-state index in [1.54, 1.807) is 0 Å². The Kier molecular flexibility index (Phi) is 5.98. The number of rotatable bonds is 6. The molecule has 7 heteroatoms. The number of aliphatic hydroxyl groups excluding tert-OH is 2. The van der Waals surface area contributed by atoms with Crippen LogP contribution in [0.2, 0.25) is 5.02 Å². The van der Waals surface area contributed by atoms with E-state index in [-0.39, 0.29) is 36.2 Å². The number of anilines is 1. The van der Waals surface area contributed by atoms with Gasteiger partial charge >= 0.3 is 0 Å². The molecule has 0 saturated carbocycles. The zero-order valence-electron chi connectivity index (χ0n) is 12.1. The average molecular weight is 304 g/mol. The number of nitrogens with zero attached hydrogens (tertiary/aromatic N) is 2. The summed E-state index contributed by atoms with van der Waals surface area (Å²) in [6, 6.07) is -0.0418. The maximum absolute atomic E-state index is 11.9. The van der Waals surface area contributed by atoms with Gasteiger partial charge in [-0.25, -0.2) is 4.68 Å². The van der Waals surface area contributed by atoms with E-state index in [2.05, 4.69) is 10.4 Å². The van der Waals surface area contributed by atoms with Crippen LogP contribution < -0.4 is 10.9 Å². The largest absolute Gasteiger partial charge is 0.396 e. The van der Waals surface area contributed by atoms with E-state index < -0.39 is 5.56 Å². The fourth-order valence-corrected chi connectivity index (χ4v) is 2.06. The third-order valence-corrected chi connectivity index (χ3v) is 3.45. The number of aliphatic hydroxyl groups is 2. The van der Waals surface area contributed by atoms with Gasteiger partial charge in [0.15, 0.2) is 0 Å². The van der Waals surface area contributed by atoms with Crippen LogP contribution in [0.4, 0.5) is 5.69 Å². The SMILES string of the molecule is CC(C)(C)C(CCO)Nc1cnn(CCO)c(=O)c1Cl. The summed E-state index contributed by atoms with van der Waals surface area (Å²) in [4.78, 5) is 11.9. The molecule has 1 atom stereocenters. The van der Waals surface area contributed by atoms with E-state index in [0.717, 1.165) is 4.68 Å². The van der Waals surface area contributed by atoms with E-state index in [9.17, 15) is 4.79 Å². The van der Waals surface area contributed by atoms with Crippen LogP contribution in [0.25, 0.3) is 0 Å². The summed E-state index contributed by atoms with van der Waals surface area (Å²) in [7, 11) is 0. The molecule has 0 aromatic carbocycles. The summed E-state index contributed by atoms with van der Waals surface area (Å²) in [5, 5.41) is 25.1. The molecule has 0 saturated heterocycles. The summed E-state index contributed by atoms with van der Waals surface area (Å²) < 4.78 is 1.12. The van der Waals surface area contributed by atoms with Crippen LogP contribution in [0.3, 0.4) is 0 Å². The minimum atomic E-state index is -0.442. The van der Waals surface area contributed by atoms with Crippen LogP contribution in [0.1, 0.15) is 27.2 Å². The lowest BCUT2D eigenvalue weighted by molar-refractivity contribution is 0.235. The van der Waals surface area contributed by atoms with E-state index in [1.807, 2.05) is 20.8 Å². The highest BCUT2D eigenvalue weighted by Gasteiger charge is 2.25. The van der Waals surface area contributed by atoms with Gasteiger partial charge in [0.25, 0.3) is 5.56 Å². The number of nitrogens with one attached hydrogen (secondary N) is 1. The molecule has 0 amide bonds. The van der Waals surface area contributed by atoms with Crippen LogP contribution in [0.15, 0.2) is 11.0 Å². The molecule has 1 unspecified atom stereocenters. The van der Waals surface area contributed by atoms with Crippen molar-refractivity contribution in [3.63, 3.8) is 0 Å². The summed E-state index contributed by atoms with van der Waals surface area (Å²) in [6.45, 7) is 6.09. The van der Waals surface area contributed by atoms with Crippen molar-refractivity contribution in [3.05, 3.63) is 21.6 Å². The number of aromatic nitrogens is 2. The first-order valence-electron chi connectivity index (χ1n) is 6.55. The Hall–Kier alpha value is -1.11. The Morgan fingerprint density at radius 3 is 2.55 bits per heavy atom. The molecule has 6 nitrogen and oxygen atoms in total. The number of hydrogen-bond acceptors (Lipinski definition) is 5. The van der Waals surface area contributed by atoms with Crippen molar-refractivity contribution < 1.29 is 10.2 Å².